The van der Waals surface area contributed by atoms with Gasteiger partial charge in [0, 0.05) is 5.04 Å². The Morgan fingerprint density at radius 1 is 1.09 bits per heavy atom. The van der Waals surface area contributed by atoms with Crippen LogP contribution in [-0.4, -0.2) is 6.00 Å². The molecule has 11 heavy (non-hydrogen) atoms. The van der Waals surface area contributed by atoms with Crippen molar-refractivity contribution in [3.63, 3.8) is 0 Å². The molecule has 0 spiro atoms. The normalized spacial score (nSPS) is 43.4. The smallest absolute Gasteiger partial charge is 0.125 e. The van der Waals surface area contributed by atoms with E-state index in [0.29, 0.717) is 0 Å². The van der Waals surface area contributed by atoms with Gasteiger partial charge in [-0.05, 0) is 25.2 Å². The molecule has 0 N–H and O–H groups in total. The van der Waals surface area contributed by atoms with Crippen molar-refractivity contribution >= 4 is 39.2 Å². The van der Waals surface area contributed by atoms with E-state index in [1.807, 2.05) is 0 Å². The van der Waals surface area contributed by atoms with Gasteiger partial charge in [-0.1, -0.05) is 12.8 Å². The van der Waals surface area contributed by atoms with Gasteiger partial charge in [0.25, 0.3) is 0 Å². The van der Waals surface area contributed by atoms with Crippen LogP contribution in [-0.2, 0) is 0 Å². The van der Waals surface area contributed by atoms with Crippen LogP contribution < -0.4 is 0 Å². The summed E-state index contributed by atoms with van der Waals surface area (Å²) in [6, 6.07) is -2.42. The molecule has 2 saturated carbocycles. The highest BCUT2D eigenvalue weighted by Gasteiger charge is 2.58. The number of rotatable bonds is 1. The van der Waals surface area contributed by atoms with Crippen LogP contribution in [0.15, 0.2) is 0 Å². The maximum absolute atomic E-state index is 6.09. The van der Waals surface area contributed by atoms with Crippen LogP contribution in [0.5, 0.6) is 0 Å². The highest BCUT2D eigenvalue weighted by molar-refractivity contribution is 7.65. The van der Waals surface area contributed by atoms with E-state index in [2.05, 4.69) is 0 Å². The molecule has 2 bridgehead atoms. The van der Waals surface area contributed by atoms with Crippen LogP contribution in [0.2, 0.25) is 5.04 Å². The number of hydrogen-bond donors (Lipinski definition) is 0. The van der Waals surface area contributed by atoms with Gasteiger partial charge < -0.3 is 0 Å². The second-order valence-corrected chi connectivity index (χ2v) is 12.8. The third kappa shape index (κ3) is 1.25. The zero-order chi connectivity index (χ0) is 8.11. The fraction of sp³-hybridized carbons (Fsp3) is 1.00. The van der Waals surface area contributed by atoms with E-state index in [1.54, 1.807) is 0 Å². The van der Waals surface area contributed by atoms with Crippen molar-refractivity contribution in [2.75, 3.05) is 0 Å². The Balaban J connectivity index is 2.23. The first-order chi connectivity index (χ1) is 5.04. The molecular weight excluding hydrogens is 219 g/mol. The molecule has 2 aliphatic rings. The van der Waals surface area contributed by atoms with Gasteiger partial charge in [-0.2, -0.15) is 0 Å². The third-order valence-corrected chi connectivity index (χ3v) is 8.86. The number of fused-ring (bicyclic) bond motifs is 2. The second kappa shape index (κ2) is 2.54. The Bertz CT molecular complexity index is 167. The highest BCUT2D eigenvalue weighted by Crippen LogP contribution is 2.67. The van der Waals surface area contributed by atoms with E-state index < -0.39 is 6.00 Å². The predicted octanol–water partition coefficient (Wildman–Crippen LogP) is 3.98. The van der Waals surface area contributed by atoms with E-state index in [4.69, 9.17) is 33.2 Å². The lowest BCUT2D eigenvalue weighted by Gasteiger charge is -2.31. The van der Waals surface area contributed by atoms with Gasteiger partial charge in [0.2, 0.25) is 0 Å². The topological polar surface area (TPSA) is 0 Å². The molecule has 2 aliphatic carbocycles. The fourth-order valence-electron chi connectivity index (χ4n) is 2.59. The first-order valence-corrected chi connectivity index (χ1v) is 9.14. The van der Waals surface area contributed by atoms with Gasteiger partial charge in [0.05, 0.1) is 0 Å². The highest BCUT2D eigenvalue weighted by atomic mass is 35.8. The Morgan fingerprint density at radius 2 is 1.64 bits per heavy atom. The van der Waals surface area contributed by atoms with Crippen molar-refractivity contribution in [2.45, 2.75) is 37.1 Å². The Morgan fingerprint density at radius 3 is 1.82 bits per heavy atom. The largest absolute Gasteiger partial charge is 0.347 e. The van der Waals surface area contributed by atoms with E-state index in [9.17, 15) is 0 Å². The van der Waals surface area contributed by atoms with E-state index >= 15 is 0 Å². The minimum atomic E-state index is -2.42. The molecule has 0 radical (unpaired) electrons. The summed E-state index contributed by atoms with van der Waals surface area (Å²) in [7, 11) is 0. The summed E-state index contributed by atoms with van der Waals surface area (Å²) in [5, 5.41) is 0.183. The van der Waals surface area contributed by atoms with Crippen LogP contribution in [0.3, 0.4) is 0 Å². The van der Waals surface area contributed by atoms with Crippen LogP contribution in [0.1, 0.15) is 32.1 Å². The van der Waals surface area contributed by atoms with Crippen molar-refractivity contribution in [3.05, 3.63) is 0 Å². The van der Waals surface area contributed by atoms with Gasteiger partial charge in [-0.3, -0.25) is 0 Å². The van der Waals surface area contributed by atoms with Crippen molar-refractivity contribution in [1.82, 2.24) is 0 Å². The molecule has 64 valence electrons. The lowest BCUT2D eigenvalue weighted by Crippen LogP contribution is -2.29. The van der Waals surface area contributed by atoms with Crippen LogP contribution in [0.4, 0.5) is 0 Å². The summed E-state index contributed by atoms with van der Waals surface area (Å²) in [4.78, 5) is 0. The zero-order valence-corrected chi connectivity index (χ0v) is 9.51. The Hall–Kier alpha value is 1.09. The fourth-order valence-corrected chi connectivity index (χ4v) is 6.36. The minimum Gasteiger partial charge on any atom is -0.125 e. The average molecular weight is 230 g/mol. The average Bonchev–Trinajstić information content (AvgIpc) is 2.42. The minimum absolute atomic E-state index is 0.183. The zero-order valence-electron chi connectivity index (χ0n) is 6.25. The van der Waals surface area contributed by atoms with E-state index in [0.717, 1.165) is 5.92 Å². The summed E-state index contributed by atoms with van der Waals surface area (Å²) >= 11 is 18.3. The van der Waals surface area contributed by atoms with Crippen LogP contribution in [0, 0.1) is 5.92 Å². The molecule has 0 amide bonds. The molecule has 0 atom stereocenters. The van der Waals surface area contributed by atoms with Gasteiger partial charge in [-0.15, -0.1) is 33.2 Å². The molecule has 0 aromatic heterocycles. The molecule has 0 heterocycles. The first-order valence-electron chi connectivity index (χ1n) is 4.10. The molecule has 0 saturated heterocycles. The van der Waals surface area contributed by atoms with Crippen LogP contribution in [0.25, 0.3) is 0 Å². The summed E-state index contributed by atoms with van der Waals surface area (Å²) in [5.74, 6) is 0.887. The van der Waals surface area contributed by atoms with Gasteiger partial charge in [0.15, 0.2) is 0 Å². The molecule has 0 aromatic rings. The maximum atomic E-state index is 6.09. The molecular formula is C7H11Cl3Si. The van der Waals surface area contributed by atoms with Gasteiger partial charge >= 0.3 is 6.00 Å². The number of hydrogen-bond acceptors (Lipinski definition) is 0. The van der Waals surface area contributed by atoms with E-state index in [-0.39, 0.29) is 5.04 Å². The van der Waals surface area contributed by atoms with Crippen molar-refractivity contribution < 1.29 is 0 Å². The standard InChI is InChI=1S/C7H11Cl3Si/c8-11(9,10)7-3-1-6(5-7)2-4-7/h6H,1-5H2. The molecule has 4 heteroatoms. The summed E-state index contributed by atoms with van der Waals surface area (Å²) in [6.07, 6.45) is 6.18. The molecule has 0 aromatic carbocycles. The number of halogens is 3. The Kier molecular flexibility index (Phi) is 2.00. The molecule has 0 aliphatic heterocycles. The molecule has 0 nitrogen and oxygen atoms in total. The quantitative estimate of drug-likeness (QED) is 0.471. The predicted molar refractivity (Wildman–Crippen MR) is 52.6 cm³/mol. The SMILES string of the molecule is Cl[Si](Cl)(Cl)C12CCC(CC1)C2. The summed E-state index contributed by atoms with van der Waals surface area (Å²) in [6.45, 7) is 0. The van der Waals surface area contributed by atoms with Gasteiger partial charge in [0.1, 0.15) is 0 Å². The maximum Gasteiger partial charge on any atom is 0.347 e. The molecule has 2 fully saturated rings. The van der Waals surface area contributed by atoms with Gasteiger partial charge in [-0.25, -0.2) is 0 Å². The Labute approximate surface area is 82.3 Å². The molecule has 2 rings (SSSR count). The lowest BCUT2D eigenvalue weighted by atomic mass is 10.0. The first kappa shape index (κ1) is 8.67. The summed E-state index contributed by atoms with van der Waals surface area (Å²) in [5.41, 5.74) is 0. The molecule has 0 unspecified atom stereocenters. The lowest BCUT2D eigenvalue weighted by molar-refractivity contribution is 0.488. The second-order valence-electron chi connectivity index (χ2n) is 3.93. The van der Waals surface area contributed by atoms with Crippen LogP contribution >= 0.6 is 33.2 Å². The third-order valence-electron chi connectivity index (χ3n) is 3.34. The van der Waals surface area contributed by atoms with Crippen molar-refractivity contribution in [3.8, 4) is 0 Å². The monoisotopic (exact) mass is 228 g/mol. The van der Waals surface area contributed by atoms with E-state index in [1.165, 1.54) is 32.1 Å². The van der Waals surface area contributed by atoms with Crippen molar-refractivity contribution in [2.24, 2.45) is 5.92 Å². The summed E-state index contributed by atoms with van der Waals surface area (Å²) < 4.78 is 0. The van der Waals surface area contributed by atoms with Crippen molar-refractivity contribution in [1.29, 1.82) is 0 Å².